The minimum atomic E-state index is -4.15. The average molecular weight is 801 g/mol. The molecule has 2 aromatic rings. The van der Waals surface area contributed by atoms with Crippen LogP contribution < -0.4 is 14.4 Å². The third kappa shape index (κ3) is 8.56. The standard InChI is InChI=1S/C41H54ClFN4O7S/c1-27-8-12-35(43)38(40(49)45(3)18-21-53-33-14-19-52-20-15-33)47-17-5-7-32(47)24-46-25-41(16-4-6-29-22-31(42)10-11-34(29)41)26-54-37-13-9-30(23-36(37)46)39(48)44-55(50,51)28(27)2/h9-13,22-23,27-28,32-33,38H,4-8,14-21,24-26H2,1-3H3,(H,44,48)/b35-12-/t27-,28+,32-,38+,41-/m0/s1. The molecule has 0 saturated carbocycles. The normalized spacial score (nSPS) is 29.9. The molecule has 11 nitrogen and oxygen atoms in total. The number of hydrogen-bond donors (Lipinski definition) is 1. The van der Waals surface area contributed by atoms with Crippen LogP contribution in [0.5, 0.6) is 5.75 Å². The van der Waals surface area contributed by atoms with Crippen LogP contribution in [0.1, 0.15) is 80.3 Å². The Kier molecular flexibility index (Phi) is 12.1. The number of carbonyl (C=O) groups excluding carboxylic acids is 2. The van der Waals surface area contributed by atoms with E-state index in [2.05, 4.69) is 15.7 Å². The first kappa shape index (κ1) is 40.0. The summed E-state index contributed by atoms with van der Waals surface area (Å²) in [5, 5.41) is -0.340. The lowest BCUT2D eigenvalue weighted by Crippen LogP contribution is -2.54. The molecule has 4 aliphatic heterocycles. The number of hydrogen-bond acceptors (Lipinski definition) is 9. The van der Waals surface area contributed by atoms with E-state index < -0.39 is 44.4 Å². The van der Waals surface area contributed by atoms with Crippen molar-refractivity contribution in [1.82, 2.24) is 14.5 Å². The van der Waals surface area contributed by atoms with E-state index in [1.165, 1.54) is 24.1 Å². The van der Waals surface area contributed by atoms with E-state index in [4.69, 9.17) is 25.8 Å². The Bertz CT molecular complexity index is 1890. The Morgan fingerprint density at radius 2 is 1.93 bits per heavy atom. The van der Waals surface area contributed by atoms with E-state index in [0.29, 0.717) is 69.1 Å². The van der Waals surface area contributed by atoms with Crippen molar-refractivity contribution in [1.29, 1.82) is 0 Å². The van der Waals surface area contributed by atoms with Crippen LogP contribution in [0.25, 0.3) is 0 Å². The number of rotatable bonds is 5. The summed E-state index contributed by atoms with van der Waals surface area (Å²) in [7, 11) is -2.46. The number of nitrogens with one attached hydrogen (secondary N) is 1. The lowest BCUT2D eigenvalue weighted by atomic mass is 9.70. The number of carbonyl (C=O) groups is 2. The molecule has 7 rings (SSSR count). The van der Waals surface area contributed by atoms with Gasteiger partial charge in [-0.2, -0.15) is 0 Å². The van der Waals surface area contributed by atoms with Crippen molar-refractivity contribution in [2.75, 3.05) is 64.6 Å². The fraction of sp³-hybridized carbons (Fsp3) is 0.610. The van der Waals surface area contributed by atoms with Gasteiger partial charge in [-0.05, 0) is 112 Å². The van der Waals surface area contributed by atoms with Gasteiger partial charge in [0.2, 0.25) is 15.9 Å². The molecule has 0 radical (unpaired) electrons. The molecule has 2 bridgehead atoms. The molecule has 4 heterocycles. The number of ether oxygens (including phenoxy) is 3. The highest BCUT2D eigenvalue weighted by molar-refractivity contribution is 7.90. The highest BCUT2D eigenvalue weighted by Gasteiger charge is 2.45. The van der Waals surface area contributed by atoms with Crippen LogP contribution in [0.15, 0.2) is 48.3 Å². The first-order valence-corrected chi connectivity index (χ1v) is 21.7. The van der Waals surface area contributed by atoms with Gasteiger partial charge in [-0.1, -0.05) is 30.7 Å². The second-order valence-electron chi connectivity index (χ2n) is 16.1. The number of allylic oxidation sites excluding steroid dienone is 1. The molecule has 300 valence electrons. The SMILES string of the molecule is C[C@@H]1[C@@H](C)C/C=C(\F)[C@H](C(=O)N(C)CCOC2CCOCC2)N2CCC[C@H]2CN2C[C@@]3(CCCc4cc(Cl)ccc43)COc3ccc(cc32)C(=O)NS1(=O)=O. The monoisotopic (exact) mass is 800 g/mol. The highest BCUT2D eigenvalue weighted by atomic mass is 35.5. The number of benzene rings is 2. The van der Waals surface area contributed by atoms with Gasteiger partial charge in [0, 0.05) is 61.9 Å². The molecule has 1 N–H and O–H groups in total. The maximum atomic E-state index is 16.8. The van der Waals surface area contributed by atoms with Gasteiger partial charge in [0.05, 0.1) is 30.3 Å². The molecule has 2 saturated heterocycles. The third-order valence-electron chi connectivity index (χ3n) is 12.5. The van der Waals surface area contributed by atoms with Crippen LogP contribution >= 0.6 is 11.6 Å². The molecule has 14 heteroatoms. The predicted molar refractivity (Wildman–Crippen MR) is 210 cm³/mol. The second-order valence-corrected chi connectivity index (χ2v) is 18.6. The number of likely N-dealkylation sites (N-methyl/N-ethyl adjacent to an activating group) is 1. The molecular formula is C41H54ClFN4O7S. The molecule has 2 amide bonds. The Morgan fingerprint density at radius 1 is 1.13 bits per heavy atom. The van der Waals surface area contributed by atoms with Crippen LogP contribution in [0.3, 0.4) is 0 Å². The summed E-state index contributed by atoms with van der Waals surface area (Å²) in [4.78, 5) is 33.8. The van der Waals surface area contributed by atoms with Crippen molar-refractivity contribution in [2.45, 2.75) is 94.1 Å². The van der Waals surface area contributed by atoms with E-state index in [-0.39, 0.29) is 30.0 Å². The van der Waals surface area contributed by atoms with E-state index >= 15 is 4.39 Å². The topological polar surface area (TPSA) is 118 Å². The fourth-order valence-corrected chi connectivity index (χ4v) is 10.5. The highest BCUT2D eigenvalue weighted by Crippen LogP contribution is 2.45. The number of amides is 2. The number of aryl methyl sites for hydroxylation is 1. The summed E-state index contributed by atoms with van der Waals surface area (Å²) in [6.45, 7) is 7.04. The van der Waals surface area contributed by atoms with Crippen molar-refractivity contribution < 1.29 is 36.6 Å². The first-order chi connectivity index (χ1) is 26.3. The number of anilines is 1. The zero-order valence-electron chi connectivity index (χ0n) is 32.1. The summed E-state index contributed by atoms with van der Waals surface area (Å²) < 4.78 is 64.3. The van der Waals surface area contributed by atoms with Crippen molar-refractivity contribution in [2.24, 2.45) is 5.92 Å². The molecule has 1 aliphatic carbocycles. The fourth-order valence-electron chi connectivity index (χ4n) is 9.03. The number of halogens is 2. The van der Waals surface area contributed by atoms with Gasteiger partial charge in [-0.25, -0.2) is 17.5 Å². The molecule has 5 atom stereocenters. The Labute approximate surface area is 329 Å². The van der Waals surface area contributed by atoms with Gasteiger partial charge >= 0.3 is 0 Å². The maximum absolute atomic E-state index is 16.8. The van der Waals surface area contributed by atoms with Gasteiger partial charge < -0.3 is 24.0 Å². The molecule has 0 unspecified atom stereocenters. The molecule has 55 heavy (non-hydrogen) atoms. The van der Waals surface area contributed by atoms with Crippen LogP contribution in [0.4, 0.5) is 10.1 Å². The van der Waals surface area contributed by atoms with Gasteiger partial charge in [0.25, 0.3) is 5.91 Å². The van der Waals surface area contributed by atoms with Crippen LogP contribution in [-0.4, -0.2) is 113 Å². The van der Waals surface area contributed by atoms with Crippen molar-refractivity contribution in [3.8, 4) is 5.75 Å². The quantitative estimate of drug-likeness (QED) is 0.410. The van der Waals surface area contributed by atoms with Gasteiger partial charge in [-0.15, -0.1) is 0 Å². The largest absolute Gasteiger partial charge is 0.490 e. The molecule has 2 aromatic carbocycles. The van der Waals surface area contributed by atoms with E-state index in [0.717, 1.165) is 44.9 Å². The van der Waals surface area contributed by atoms with E-state index in [1.807, 2.05) is 17.0 Å². The zero-order chi connectivity index (χ0) is 38.9. The Morgan fingerprint density at radius 3 is 2.73 bits per heavy atom. The lowest BCUT2D eigenvalue weighted by Gasteiger charge is -2.42. The first-order valence-electron chi connectivity index (χ1n) is 19.8. The predicted octanol–water partition coefficient (Wildman–Crippen LogP) is 5.64. The summed E-state index contributed by atoms with van der Waals surface area (Å²) in [5.74, 6) is -1.68. The van der Waals surface area contributed by atoms with Crippen molar-refractivity contribution in [3.63, 3.8) is 0 Å². The minimum Gasteiger partial charge on any atom is -0.490 e. The Balaban J connectivity index is 1.26. The average Bonchev–Trinajstić information content (AvgIpc) is 3.56. The van der Waals surface area contributed by atoms with Crippen molar-refractivity contribution >= 4 is 39.1 Å². The third-order valence-corrected chi connectivity index (χ3v) is 14.7. The smallest absolute Gasteiger partial charge is 0.264 e. The zero-order valence-corrected chi connectivity index (χ0v) is 33.7. The van der Waals surface area contributed by atoms with E-state index in [1.54, 1.807) is 37.1 Å². The summed E-state index contributed by atoms with van der Waals surface area (Å²) in [6, 6.07) is 9.69. The van der Waals surface area contributed by atoms with Gasteiger partial charge in [-0.3, -0.25) is 14.5 Å². The number of nitrogens with zero attached hydrogens (tertiary/aromatic N) is 3. The summed E-state index contributed by atoms with van der Waals surface area (Å²) in [6.07, 6.45) is 7.33. The number of sulfonamides is 1. The minimum absolute atomic E-state index is 0.0647. The lowest BCUT2D eigenvalue weighted by molar-refractivity contribution is -0.136. The van der Waals surface area contributed by atoms with Crippen LogP contribution in [0.2, 0.25) is 5.02 Å². The summed E-state index contributed by atoms with van der Waals surface area (Å²) >= 11 is 6.46. The molecule has 1 spiro atoms. The maximum Gasteiger partial charge on any atom is 0.264 e. The van der Waals surface area contributed by atoms with Crippen molar-refractivity contribution in [3.05, 3.63) is 70.0 Å². The molecule has 2 fully saturated rings. The molecule has 0 aromatic heterocycles. The van der Waals surface area contributed by atoms with Crippen LogP contribution in [0, 0.1) is 5.92 Å². The van der Waals surface area contributed by atoms with Gasteiger partial charge in [0.15, 0.2) is 0 Å². The number of fused-ring (bicyclic) bond motifs is 4. The van der Waals surface area contributed by atoms with Crippen LogP contribution in [-0.2, 0) is 36.1 Å². The van der Waals surface area contributed by atoms with Gasteiger partial charge in [0.1, 0.15) is 17.6 Å². The van der Waals surface area contributed by atoms with E-state index in [9.17, 15) is 18.0 Å². The summed E-state index contributed by atoms with van der Waals surface area (Å²) in [5.41, 5.74) is 2.79. The second kappa shape index (κ2) is 16.7. The molecule has 5 aliphatic rings. The Hall–Kier alpha value is -3.23. The molecular weight excluding hydrogens is 747 g/mol.